The van der Waals surface area contributed by atoms with Crippen LogP contribution in [-0.2, 0) is 313 Å². The van der Waals surface area contributed by atoms with E-state index in [1.54, 1.807) is 34.6 Å². The fourth-order valence-corrected chi connectivity index (χ4v) is 16.2. The maximum atomic E-state index is 9.15. The zero-order valence-corrected chi connectivity index (χ0v) is 97.9. The monoisotopic (exact) mass is 2780 g/mol. The number of ether oxygens (including phenoxy) is 10. The Morgan fingerprint density at radius 2 is 0.732 bits per heavy atom. The summed E-state index contributed by atoms with van der Waals surface area (Å²) in [6.07, 6.45) is 18.2. The van der Waals surface area contributed by atoms with Crippen molar-refractivity contribution >= 4 is 10.8 Å². The van der Waals surface area contributed by atoms with Crippen LogP contribution in [0.25, 0.3) is 10.8 Å². The van der Waals surface area contributed by atoms with E-state index in [4.69, 9.17) is 72.9 Å². The molecule has 15 nitrogen and oxygen atoms in total. The van der Waals surface area contributed by atoms with E-state index >= 15 is 0 Å². The van der Waals surface area contributed by atoms with Crippen LogP contribution in [0.1, 0.15) is 189 Å². The van der Waals surface area contributed by atoms with Crippen molar-refractivity contribution in [2.24, 2.45) is 53.3 Å². The van der Waals surface area contributed by atoms with Gasteiger partial charge in [0.2, 0.25) is 0 Å². The van der Waals surface area contributed by atoms with Crippen molar-refractivity contribution in [3.8, 4) is 17.2 Å². The average Bonchev–Trinajstić information content (AvgIpc) is 1.60. The van der Waals surface area contributed by atoms with Gasteiger partial charge < -0.3 is 72.9 Å². The van der Waals surface area contributed by atoms with Crippen molar-refractivity contribution in [2.75, 3.05) is 106 Å². The molecule has 11 rings (SSSR count). The second-order valence-corrected chi connectivity index (χ2v) is 31.1. The summed E-state index contributed by atoms with van der Waals surface area (Å²) in [4.78, 5) is 0. The van der Waals surface area contributed by atoms with Crippen molar-refractivity contribution in [1.82, 2.24) is 0 Å². The van der Waals surface area contributed by atoms with E-state index in [9.17, 15) is 0 Å². The molecule has 0 amide bonds. The van der Waals surface area contributed by atoms with Gasteiger partial charge in [0.05, 0.1) is 82.9 Å². The molecule has 0 heterocycles. The molecule has 0 aromatic heterocycles. The molecule has 4 bridgehead atoms. The Labute approximate surface area is 873 Å². The van der Waals surface area contributed by atoms with Crippen molar-refractivity contribution in [1.29, 1.82) is 0 Å². The van der Waals surface area contributed by atoms with Gasteiger partial charge >= 0.3 is 0 Å². The van der Waals surface area contributed by atoms with Crippen LogP contribution in [0.3, 0.4) is 0 Å². The van der Waals surface area contributed by atoms with Crippen LogP contribution in [0.15, 0.2) is 121 Å². The van der Waals surface area contributed by atoms with Crippen LogP contribution >= 0.6 is 0 Å². The molecule has 112 heavy (non-hydrogen) atoms. The molecule has 6 saturated carbocycles. The van der Waals surface area contributed by atoms with Crippen LogP contribution in [0.2, 0.25) is 0 Å². The van der Waals surface area contributed by atoms with Gasteiger partial charge in [-0.15, -0.1) is 0 Å². The molecule has 15 unspecified atom stereocenters. The summed E-state index contributed by atoms with van der Waals surface area (Å²) in [5.74, 6) is 11.4. The minimum Gasteiger partial charge on any atom is -0.491 e. The first-order chi connectivity index (χ1) is 49.2. The van der Waals surface area contributed by atoms with Gasteiger partial charge in [0, 0.05) is 319 Å². The third-order valence-corrected chi connectivity index (χ3v) is 22.4. The minimum atomic E-state index is -0.313. The fraction of sp³-hybridized carbons (Fsp3) is 0.678. The number of benzene rings is 5. The maximum absolute atomic E-state index is 9.15. The van der Waals surface area contributed by atoms with E-state index in [2.05, 4.69) is 101 Å². The fourth-order valence-electron chi connectivity index (χ4n) is 16.2. The summed E-state index contributed by atoms with van der Waals surface area (Å²) in [6.45, 7) is 29.9. The quantitative estimate of drug-likeness (QED) is 0.0232. The van der Waals surface area contributed by atoms with Crippen LogP contribution in [0.4, 0.5) is 0 Å². The van der Waals surface area contributed by atoms with Gasteiger partial charge in [-0.2, -0.15) is 0 Å². The maximum Gasteiger partial charge on any atom is 0.127 e. The molecule has 0 saturated heterocycles. The molecule has 5 radical (unpaired) electrons. The van der Waals surface area contributed by atoms with Crippen LogP contribution < -0.4 is 14.2 Å². The Balaban J connectivity index is -0.000000638. The zero-order valence-electron chi connectivity index (χ0n) is 69.1. The Morgan fingerprint density at radius 1 is 0.357 bits per heavy atom. The topological polar surface area (TPSA) is 193 Å². The van der Waals surface area contributed by atoms with Crippen molar-refractivity contribution < 1.29 is 342 Å². The van der Waals surface area contributed by atoms with E-state index in [-0.39, 0.29) is 310 Å². The predicted molar refractivity (Wildman–Crippen MR) is 409 cm³/mol. The van der Waals surface area contributed by atoms with E-state index in [1.807, 2.05) is 54.6 Å². The summed E-state index contributed by atoms with van der Waals surface area (Å²) in [7, 11) is 0. The minimum absolute atomic E-state index is 0. The molecule has 0 spiro atoms. The molecule has 6 fully saturated rings. The van der Waals surface area contributed by atoms with Gasteiger partial charge in [0.15, 0.2) is 0 Å². The number of aliphatic hydroxyl groups excluding tert-OH is 5. The molecule has 15 atom stereocenters. The van der Waals surface area contributed by atoms with E-state index < -0.39 is 0 Å². The van der Waals surface area contributed by atoms with Crippen molar-refractivity contribution in [3.63, 3.8) is 0 Å². The van der Waals surface area contributed by atoms with Gasteiger partial charge in [0.1, 0.15) is 37.1 Å². The van der Waals surface area contributed by atoms with Crippen molar-refractivity contribution in [3.05, 3.63) is 138 Å². The predicted octanol–water partition coefficient (Wildman–Crippen LogP) is 16.2. The van der Waals surface area contributed by atoms with Gasteiger partial charge in [-0.05, 0) is 236 Å². The molecule has 5 N–H and O–H groups in total. The van der Waals surface area contributed by atoms with Crippen LogP contribution in [0.5, 0.6) is 17.2 Å². The normalized spacial score (nSPS) is 21.5. The molecule has 25 heteroatoms. The Bertz CT molecular complexity index is 3020. The molecule has 0 aliphatic heterocycles. The van der Waals surface area contributed by atoms with Gasteiger partial charge in [0.25, 0.3) is 0 Å². The zero-order chi connectivity index (χ0) is 73.1. The van der Waals surface area contributed by atoms with Crippen LogP contribution in [0, 0.1) is 53.3 Å². The Morgan fingerprint density at radius 3 is 1.21 bits per heavy atom. The summed E-state index contributed by atoms with van der Waals surface area (Å²) in [6, 6.07) is 41.3. The molecular weight excluding hydrogens is 2650 g/mol. The number of aliphatic hydroxyl groups is 5. The number of hydrogen-bond donors (Lipinski definition) is 5. The summed E-state index contributed by atoms with van der Waals surface area (Å²) >= 11 is 0. The average molecular weight is 2780 g/mol. The van der Waals surface area contributed by atoms with E-state index in [1.165, 1.54) is 86.3 Å². The van der Waals surface area contributed by atoms with Gasteiger partial charge in [-0.1, -0.05) is 138 Å². The molecular formula is C87H134O15W5Y5. The standard InChI is InChI=1S/C21H28O3.C17H30O3.C17H28O3.C16H28O3.C16H20O3.5W.5Y/c1-17(22)13-14-23-15-16-24-20-11-9-19(10-12-20)21(2,3)18-7-5-4-6-8-18;1-12(18)5-6-19-7-8-20-11-14-9-13-10-17(14)16-4-2-3-15(13)16;1-5-17(3,4)15-6-8-16(9-7-15)20-13-12-19-11-10-14(2)18;1-11(17)5-6-18-7-8-19-16-10-12-9-15(16)14-4-2-3-13(12)14;1-13(17)9-10-18-11-12-19-16-8-4-6-14-5-2-3-7-15(14)16;;;;;;;;;;/h4-12,17,22H,13-16H2,1-3H3;12-18H,2-11H2,1H3;6-9,14,18H,5,10-13H2,1-4H3;11-17H,2-10H2,1H3;2-8,13,17H,9-12H2,1H3;;;;;;;;;;. The molecule has 5 aromatic rings. The SMILES string of the molecule is CC(O)CCOCCOC1CC2CC1C1CCCC21.CC(O)CCOCCOCC1CC2CC1C1CCCC21.CC(O)CCOCCOc1ccc(C(C)(C)c2ccccc2)cc1.CC(O)CCOCCOc1cccc2ccccc12.CCC(C)(C)c1ccc(OCCOCCC(C)O)cc1.[W].[W].[W].[W].[W].[Y].[Y].[Y].[Y].[Y]. The summed E-state index contributed by atoms with van der Waals surface area (Å²) < 4.78 is 56.1. The van der Waals surface area contributed by atoms with E-state index in [0.29, 0.717) is 118 Å². The first-order valence-electron chi connectivity index (χ1n) is 39.3. The molecule has 6 aliphatic rings. The van der Waals surface area contributed by atoms with E-state index in [0.717, 1.165) is 108 Å². The third kappa shape index (κ3) is 45.1. The number of rotatable bonds is 40. The number of fused-ring (bicyclic) bond motifs is 11. The largest absolute Gasteiger partial charge is 0.491 e. The number of hydrogen-bond acceptors (Lipinski definition) is 15. The summed E-state index contributed by atoms with van der Waals surface area (Å²) in [5, 5.41) is 47.9. The molecule has 6 aliphatic carbocycles. The molecule has 5 aromatic carbocycles. The van der Waals surface area contributed by atoms with Gasteiger partial charge in [-0.25, -0.2) is 0 Å². The van der Waals surface area contributed by atoms with Crippen molar-refractivity contribution in [2.45, 2.75) is 219 Å². The smallest absolute Gasteiger partial charge is 0.127 e. The Kier molecular flexibility index (Phi) is 75.9. The second-order valence-electron chi connectivity index (χ2n) is 31.1. The van der Waals surface area contributed by atoms with Crippen LogP contribution in [-0.4, -0.2) is 168 Å². The first-order valence-corrected chi connectivity index (χ1v) is 39.3. The Hall–Kier alpha value is 4.24. The van der Waals surface area contributed by atoms with Gasteiger partial charge in [-0.3, -0.25) is 0 Å². The molecule has 617 valence electrons. The third-order valence-electron chi connectivity index (χ3n) is 22.4. The second kappa shape index (κ2) is 69.4. The summed E-state index contributed by atoms with van der Waals surface area (Å²) in [5.41, 5.74) is 4.06. The first kappa shape index (κ1) is 123.